The Labute approximate surface area is 222 Å². The maximum atomic E-state index is 12.4. The Morgan fingerprint density at radius 1 is 0.447 bits per heavy atom. The van der Waals surface area contributed by atoms with Gasteiger partial charge in [-0.25, -0.2) is 0 Å². The van der Waals surface area contributed by atoms with E-state index in [1.54, 1.807) is 0 Å². The van der Waals surface area contributed by atoms with E-state index in [0.717, 1.165) is 83.6 Å². The summed E-state index contributed by atoms with van der Waals surface area (Å²) in [7, 11) is 0. The molecule has 6 heteroatoms. The van der Waals surface area contributed by atoms with Gasteiger partial charge in [0.25, 0.3) is 0 Å². The summed E-state index contributed by atoms with van der Waals surface area (Å²) in [4.78, 5) is 37.3. The zero-order valence-electron chi connectivity index (χ0n) is 21.3. The Morgan fingerprint density at radius 3 is 0.921 bits per heavy atom. The number of rotatable bonds is 4. The van der Waals surface area contributed by atoms with Crippen molar-refractivity contribution in [2.75, 3.05) is 0 Å². The second-order valence-electron chi connectivity index (χ2n) is 9.55. The van der Waals surface area contributed by atoms with Crippen molar-refractivity contribution in [1.82, 2.24) is 19.9 Å². The maximum Gasteiger partial charge on any atom is 0.185 e. The predicted molar refractivity (Wildman–Crippen MR) is 153 cm³/mol. The minimum Gasteiger partial charge on any atom is -0.362 e. The second kappa shape index (κ2) is 12.1. The number of H-pyrrole nitrogens is 4. The zero-order valence-corrected chi connectivity index (χ0v) is 21.3. The molecule has 4 heterocycles. The van der Waals surface area contributed by atoms with E-state index in [-0.39, 0.29) is 11.6 Å². The Morgan fingerprint density at radius 2 is 0.711 bits per heavy atom. The van der Waals surface area contributed by atoms with Crippen LogP contribution in [0.3, 0.4) is 0 Å². The average Bonchev–Trinajstić information content (AvgIpc) is 3.74. The van der Waals surface area contributed by atoms with Crippen molar-refractivity contribution in [3.63, 3.8) is 0 Å². The lowest BCUT2D eigenvalue weighted by atomic mass is 9.88. The molecule has 0 spiro atoms. The zero-order chi connectivity index (χ0) is 26.2. The molecule has 38 heavy (non-hydrogen) atoms. The van der Waals surface area contributed by atoms with E-state index in [2.05, 4.69) is 19.9 Å². The Bertz CT molecular complexity index is 1240. The highest BCUT2D eigenvalue weighted by molar-refractivity contribution is 6.14. The largest absolute Gasteiger partial charge is 0.362 e. The molecule has 0 aliphatic heterocycles. The third-order valence-electron chi connectivity index (χ3n) is 6.76. The topological polar surface area (TPSA) is 97.3 Å². The average molecular weight is 505 g/mol. The number of aromatic nitrogens is 4. The van der Waals surface area contributed by atoms with Gasteiger partial charge in [0.05, 0.1) is 0 Å². The maximum absolute atomic E-state index is 12.4. The number of hydrogen-bond acceptors (Lipinski definition) is 2. The highest BCUT2D eigenvalue weighted by Crippen LogP contribution is 2.28. The number of nitrogens with one attached hydrogen (secondary N) is 4. The quantitative estimate of drug-likeness (QED) is 0.223. The molecule has 2 saturated carbocycles. The van der Waals surface area contributed by atoms with Crippen LogP contribution in [-0.4, -0.2) is 31.5 Å². The van der Waals surface area contributed by atoms with Gasteiger partial charge < -0.3 is 19.9 Å². The van der Waals surface area contributed by atoms with Gasteiger partial charge in [0, 0.05) is 69.9 Å². The van der Waals surface area contributed by atoms with Gasteiger partial charge in [0.15, 0.2) is 11.6 Å². The SMILES string of the molecule is O=C1/C(=C/c2ccc[nH]2)CCC/C1=C\c1ccc[nH]1.O=C1/C(=C/c2ccc[nH]2)CCC/C1=C\c1ccc[nH]1. The van der Waals surface area contributed by atoms with Crippen molar-refractivity contribution in [1.29, 1.82) is 0 Å². The number of aromatic amines is 4. The molecular weight excluding hydrogens is 472 g/mol. The van der Waals surface area contributed by atoms with E-state index < -0.39 is 0 Å². The molecule has 0 amide bonds. The minimum atomic E-state index is 0.176. The number of allylic oxidation sites excluding steroid dienone is 4. The monoisotopic (exact) mass is 504 g/mol. The van der Waals surface area contributed by atoms with E-state index in [4.69, 9.17) is 0 Å². The lowest BCUT2D eigenvalue weighted by molar-refractivity contribution is -0.113. The summed E-state index contributed by atoms with van der Waals surface area (Å²) in [6.45, 7) is 0. The second-order valence-corrected chi connectivity index (χ2v) is 9.55. The van der Waals surface area contributed by atoms with Gasteiger partial charge >= 0.3 is 0 Å². The molecule has 4 aromatic rings. The third-order valence-corrected chi connectivity index (χ3v) is 6.76. The molecule has 0 unspecified atom stereocenters. The summed E-state index contributed by atoms with van der Waals surface area (Å²) in [6, 6.07) is 15.7. The van der Waals surface area contributed by atoms with Crippen molar-refractivity contribution < 1.29 is 9.59 Å². The molecule has 0 bridgehead atoms. The number of carbonyl (C=O) groups is 2. The van der Waals surface area contributed by atoms with Crippen LogP contribution in [0.1, 0.15) is 61.3 Å². The molecule has 0 saturated heterocycles. The van der Waals surface area contributed by atoms with Crippen molar-refractivity contribution in [3.8, 4) is 0 Å². The van der Waals surface area contributed by atoms with Crippen LogP contribution in [0.2, 0.25) is 0 Å². The van der Waals surface area contributed by atoms with Crippen LogP contribution in [0.25, 0.3) is 24.3 Å². The molecule has 2 fully saturated rings. The van der Waals surface area contributed by atoms with Crippen LogP contribution in [0, 0.1) is 0 Å². The number of hydrogen-bond donors (Lipinski definition) is 4. The van der Waals surface area contributed by atoms with Crippen LogP contribution in [0.4, 0.5) is 0 Å². The number of carbonyl (C=O) groups excluding carboxylic acids is 2. The first-order valence-corrected chi connectivity index (χ1v) is 13.1. The van der Waals surface area contributed by atoms with Crippen molar-refractivity contribution >= 4 is 35.9 Å². The molecule has 4 N–H and O–H groups in total. The van der Waals surface area contributed by atoms with Gasteiger partial charge in [0.2, 0.25) is 0 Å². The molecule has 6 nitrogen and oxygen atoms in total. The Balaban J connectivity index is 0.000000155. The van der Waals surface area contributed by atoms with Crippen molar-refractivity contribution in [2.24, 2.45) is 0 Å². The molecule has 6 rings (SSSR count). The number of ketones is 2. The molecule has 0 aromatic carbocycles. The normalized spacial score (nSPS) is 20.3. The van der Waals surface area contributed by atoms with Gasteiger partial charge in [-0.3, -0.25) is 9.59 Å². The van der Waals surface area contributed by atoms with E-state index >= 15 is 0 Å². The summed E-state index contributed by atoms with van der Waals surface area (Å²) in [5.74, 6) is 0.353. The van der Waals surface area contributed by atoms with E-state index in [9.17, 15) is 9.59 Å². The predicted octanol–water partition coefficient (Wildman–Crippen LogP) is 7.13. The lowest BCUT2D eigenvalue weighted by Crippen LogP contribution is -2.12. The summed E-state index contributed by atoms with van der Waals surface area (Å²) in [5.41, 5.74) is 7.54. The highest BCUT2D eigenvalue weighted by Gasteiger charge is 2.21. The molecule has 4 aromatic heterocycles. The molecule has 0 radical (unpaired) electrons. The van der Waals surface area contributed by atoms with Gasteiger partial charge in [0.1, 0.15) is 0 Å². The lowest BCUT2D eigenvalue weighted by Gasteiger charge is -2.16. The van der Waals surface area contributed by atoms with Crippen molar-refractivity contribution in [3.05, 3.63) is 118 Å². The summed E-state index contributed by atoms with van der Waals surface area (Å²) >= 11 is 0. The van der Waals surface area contributed by atoms with Gasteiger partial charge in [-0.2, -0.15) is 0 Å². The molecule has 192 valence electrons. The first-order valence-electron chi connectivity index (χ1n) is 13.1. The van der Waals surface area contributed by atoms with Crippen LogP contribution >= 0.6 is 0 Å². The van der Waals surface area contributed by atoms with Crippen LogP contribution in [0.5, 0.6) is 0 Å². The van der Waals surface area contributed by atoms with Gasteiger partial charge in [-0.15, -0.1) is 0 Å². The van der Waals surface area contributed by atoms with Crippen LogP contribution < -0.4 is 0 Å². The fourth-order valence-corrected chi connectivity index (χ4v) is 4.84. The first kappa shape index (κ1) is 25.1. The molecule has 0 atom stereocenters. The van der Waals surface area contributed by atoms with Crippen LogP contribution in [0.15, 0.2) is 95.6 Å². The fraction of sp³-hybridized carbons (Fsp3) is 0.188. The van der Waals surface area contributed by atoms with E-state index in [1.165, 1.54) is 0 Å². The van der Waals surface area contributed by atoms with Crippen LogP contribution in [-0.2, 0) is 9.59 Å². The highest BCUT2D eigenvalue weighted by atomic mass is 16.1. The van der Waals surface area contributed by atoms with E-state index in [0.29, 0.717) is 0 Å². The first-order chi connectivity index (χ1) is 18.7. The van der Waals surface area contributed by atoms with E-state index in [1.807, 2.05) is 97.6 Å². The van der Waals surface area contributed by atoms with Gasteiger partial charge in [-0.05, 0) is 111 Å². The summed E-state index contributed by atoms with van der Waals surface area (Å²) in [6.07, 6.45) is 20.8. The minimum absolute atomic E-state index is 0.176. The van der Waals surface area contributed by atoms with Gasteiger partial charge in [-0.1, -0.05) is 0 Å². The smallest absolute Gasteiger partial charge is 0.185 e. The molecule has 2 aliphatic carbocycles. The Hall–Kier alpha value is -4.58. The van der Waals surface area contributed by atoms with Crippen molar-refractivity contribution in [2.45, 2.75) is 38.5 Å². The standard InChI is InChI=1S/2C16H16N2O/c2*19-16-12(10-14-6-2-8-17-14)4-1-5-13(16)11-15-7-3-9-18-15/h2*2-3,6-11,17-18H,1,4-5H2/b2*12-10+,13-11+. The summed E-state index contributed by atoms with van der Waals surface area (Å²) in [5, 5.41) is 0. The molecule has 2 aliphatic rings. The Kier molecular flexibility index (Phi) is 7.99. The third kappa shape index (κ3) is 6.40. The summed E-state index contributed by atoms with van der Waals surface area (Å²) < 4.78 is 0. The number of Topliss-reactive ketones (excluding diaryl/α,β-unsaturated/α-hetero) is 2. The molecular formula is C32H32N4O2. The fourth-order valence-electron chi connectivity index (χ4n) is 4.84.